The van der Waals surface area contributed by atoms with Crippen LogP contribution in [0, 0.1) is 0 Å². The van der Waals surface area contributed by atoms with Gasteiger partial charge in [0.2, 0.25) is 5.16 Å². The summed E-state index contributed by atoms with van der Waals surface area (Å²) in [6.45, 7) is 8.24. The number of anilines is 1. The third kappa shape index (κ3) is 4.81. The van der Waals surface area contributed by atoms with Gasteiger partial charge in [-0.3, -0.25) is 0 Å². The number of benzene rings is 2. The zero-order valence-electron chi connectivity index (χ0n) is 16.9. The Hall–Kier alpha value is -2.60. The Bertz CT molecular complexity index is 900. The molecule has 0 N–H and O–H groups in total. The first kappa shape index (κ1) is 20.1. The van der Waals surface area contributed by atoms with Crippen LogP contribution in [0.3, 0.4) is 0 Å². The zero-order valence-corrected chi connectivity index (χ0v) is 17.7. The van der Waals surface area contributed by atoms with Crippen LogP contribution in [0.25, 0.3) is 0 Å². The van der Waals surface area contributed by atoms with Crippen LogP contribution >= 0.6 is 11.8 Å². The molecule has 0 spiro atoms. The van der Waals surface area contributed by atoms with Gasteiger partial charge in [0.25, 0.3) is 0 Å². The quantitative estimate of drug-likeness (QED) is 0.398. The molecule has 6 heteroatoms. The van der Waals surface area contributed by atoms with Crippen LogP contribution in [0.4, 0.5) is 5.69 Å². The lowest BCUT2D eigenvalue weighted by atomic mass is 10.1. The van der Waals surface area contributed by atoms with E-state index in [1.54, 1.807) is 11.8 Å². The summed E-state index contributed by atoms with van der Waals surface area (Å²) < 4.78 is 1.83. The number of aromatic nitrogens is 3. The maximum Gasteiger partial charge on any atom is 0.211 e. The lowest BCUT2D eigenvalue weighted by molar-refractivity contribution is 0.668. The molecule has 0 bridgehead atoms. The molecule has 0 radical (unpaired) electrons. The van der Waals surface area contributed by atoms with Gasteiger partial charge in [-0.25, -0.2) is 0 Å². The van der Waals surface area contributed by atoms with Crippen LogP contribution in [0.15, 0.2) is 64.9 Å². The molecule has 28 heavy (non-hydrogen) atoms. The molecule has 3 rings (SSSR count). The molecule has 0 aliphatic carbocycles. The first-order valence-corrected chi connectivity index (χ1v) is 10.8. The van der Waals surface area contributed by atoms with Crippen molar-refractivity contribution in [1.29, 1.82) is 0 Å². The van der Waals surface area contributed by atoms with Crippen molar-refractivity contribution in [2.45, 2.75) is 38.4 Å². The van der Waals surface area contributed by atoms with Gasteiger partial charge in [0.15, 0.2) is 5.82 Å². The predicted octanol–water partition coefficient (Wildman–Crippen LogP) is 5.03. The highest BCUT2D eigenvalue weighted by Crippen LogP contribution is 2.20. The topological polar surface area (TPSA) is 46.3 Å². The molecule has 3 aromatic rings. The molecule has 0 saturated carbocycles. The first-order chi connectivity index (χ1) is 13.6. The van der Waals surface area contributed by atoms with E-state index in [1.165, 1.54) is 11.3 Å². The Morgan fingerprint density at radius 2 is 1.79 bits per heavy atom. The van der Waals surface area contributed by atoms with E-state index in [9.17, 15) is 0 Å². The second-order valence-corrected chi connectivity index (χ2v) is 7.62. The van der Waals surface area contributed by atoms with Crippen molar-refractivity contribution in [1.82, 2.24) is 14.9 Å². The third-order valence-electron chi connectivity index (χ3n) is 4.51. The van der Waals surface area contributed by atoms with E-state index in [0.29, 0.717) is 0 Å². The molecule has 0 unspecified atom stereocenters. The Morgan fingerprint density at radius 1 is 1.07 bits per heavy atom. The highest BCUT2D eigenvalue weighted by atomic mass is 32.2. The Morgan fingerprint density at radius 3 is 2.39 bits per heavy atom. The molecule has 146 valence electrons. The minimum absolute atomic E-state index is 0.268. The smallest absolute Gasteiger partial charge is 0.211 e. The van der Waals surface area contributed by atoms with Gasteiger partial charge in [-0.2, -0.15) is 9.78 Å². The second-order valence-electron chi connectivity index (χ2n) is 6.85. The van der Waals surface area contributed by atoms with Crippen LogP contribution in [0.1, 0.15) is 43.6 Å². The summed E-state index contributed by atoms with van der Waals surface area (Å²) in [5, 5.41) is 13.9. The lowest BCUT2D eigenvalue weighted by Crippen LogP contribution is -2.21. The summed E-state index contributed by atoms with van der Waals surface area (Å²) in [6, 6.07) is 19.1. The average Bonchev–Trinajstić information content (AvgIpc) is 3.15. The van der Waals surface area contributed by atoms with Crippen LogP contribution in [0.2, 0.25) is 0 Å². The monoisotopic (exact) mass is 393 g/mol. The van der Waals surface area contributed by atoms with Gasteiger partial charge >= 0.3 is 0 Å². The van der Waals surface area contributed by atoms with Crippen molar-refractivity contribution in [3.05, 3.63) is 71.5 Å². The molecule has 5 nitrogen and oxygen atoms in total. The van der Waals surface area contributed by atoms with Gasteiger partial charge in [0.05, 0.1) is 6.21 Å². The second kappa shape index (κ2) is 9.55. The Labute approximate surface area is 171 Å². The van der Waals surface area contributed by atoms with Crippen LogP contribution in [-0.4, -0.2) is 33.9 Å². The van der Waals surface area contributed by atoms with E-state index < -0.39 is 0 Å². The van der Waals surface area contributed by atoms with Crippen molar-refractivity contribution in [3.63, 3.8) is 0 Å². The highest BCUT2D eigenvalue weighted by molar-refractivity contribution is 7.98. The summed E-state index contributed by atoms with van der Waals surface area (Å²) in [6.07, 6.45) is 3.85. The minimum Gasteiger partial charge on any atom is -0.367 e. The van der Waals surface area contributed by atoms with E-state index in [4.69, 9.17) is 0 Å². The summed E-state index contributed by atoms with van der Waals surface area (Å²) >= 11 is 1.55. The van der Waals surface area contributed by atoms with E-state index in [1.807, 2.05) is 17.1 Å². The first-order valence-electron chi connectivity index (χ1n) is 9.55. The van der Waals surface area contributed by atoms with Crippen LogP contribution < -0.4 is 4.90 Å². The largest absolute Gasteiger partial charge is 0.367 e. The third-order valence-corrected chi connectivity index (χ3v) is 5.13. The number of rotatable bonds is 8. The highest BCUT2D eigenvalue weighted by Gasteiger charge is 2.13. The van der Waals surface area contributed by atoms with Gasteiger partial charge in [-0.05, 0) is 36.4 Å². The maximum absolute atomic E-state index is 4.62. The molecule has 1 aromatic heterocycles. The molecule has 0 fully saturated rings. The van der Waals surface area contributed by atoms with Crippen LogP contribution in [-0.2, 0) is 6.54 Å². The zero-order chi connectivity index (χ0) is 19.9. The number of hydrogen-bond donors (Lipinski definition) is 0. The van der Waals surface area contributed by atoms with Gasteiger partial charge in [0.1, 0.15) is 0 Å². The minimum atomic E-state index is 0.268. The Kier molecular flexibility index (Phi) is 6.87. The van der Waals surface area contributed by atoms with E-state index >= 15 is 0 Å². The number of thioether (sulfide) groups is 1. The lowest BCUT2D eigenvalue weighted by Gasteiger charge is -2.23. The van der Waals surface area contributed by atoms with Gasteiger partial charge < -0.3 is 4.90 Å². The van der Waals surface area contributed by atoms with Crippen molar-refractivity contribution >= 4 is 23.7 Å². The normalized spacial score (nSPS) is 11.5. The average molecular weight is 394 g/mol. The predicted molar refractivity (Wildman–Crippen MR) is 118 cm³/mol. The fourth-order valence-electron chi connectivity index (χ4n) is 2.96. The molecule has 0 aliphatic rings. The van der Waals surface area contributed by atoms with Crippen LogP contribution in [0.5, 0.6) is 0 Å². The van der Waals surface area contributed by atoms with E-state index in [-0.39, 0.29) is 5.92 Å². The van der Waals surface area contributed by atoms with E-state index in [0.717, 1.165) is 29.6 Å². The van der Waals surface area contributed by atoms with Crippen molar-refractivity contribution in [2.75, 3.05) is 17.7 Å². The fraction of sp³-hybridized carbons (Fsp3) is 0.318. The Balaban J connectivity index is 1.76. The standard InChI is InChI=1S/C22H27N5S/c1-5-26(16-19-9-7-6-8-10-19)20-13-11-18(12-14-20)15-23-27-21(17(2)3)24-25-22(27)28-4/h6-15,17H,5,16H2,1-4H3/b23-15-. The molecule has 0 saturated heterocycles. The molecular formula is C22H27N5S. The van der Waals surface area contributed by atoms with Crippen molar-refractivity contribution in [3.8, 4) is 0 Å². The molecule has 2 aromatic carbocycles. The molecule has 0 amide bonds. The summed E-state index contributed by atoms with van der Waals surface area (Å²) in [7, 11) is 0. The molecule has 1 heterocycles. The molecular weight excluding hydrogens is 366 g/mol. The SMILES string of the molecule is CCN(Cc1ccccc1)c1ccc(/C=N\n2c(SC)nnc2C(C)C)cc1. The number of hydrogen-bond acceptors (Lipinski definition) is 5. The molecule has 0 aliphatic heterocycles. The van der Waals surface area contributed by atoms with Gasteiger partial charge in [0, 0.05) is 24.7 Å². The van der Waals surface area contributed by atoms with Gasteiger partial charge in [-0.1, -0.05) is 68.1 Å². The summed E-state index contributed by atoms with van der Waals surface area (Å²) in [5.41, 5.74) is 3.57. The van der Waals surface area contributed by atoms with Crippen molar-refractivity contribution < 1.29 is 0 Å². The maximum atomic E-state index is 4.62. The summed E-state index contributed by atoms with van der Waals surface area (Å²) in [5.74, 6) is 1.14. The number of nitrogens with zero attached hydrogens (tertiary/aromatic N) is 5. The van der Waals surface area contributed by atoms with E-state index in [2.05, 4.69) is 95.6 Å². The van der Waals surface area contributed by atoms with Crippen molar-refractivity contribution in [2.24, 2.45) is 5.10 Å². The van der Waals surface area contributed by atoms with Gasteiger partial charge in [-0.15, -0.1) is 10.2 Å². The fourth-order valence-corrected chi connectivity index (χ4v) is 3.39. The molecule has 0 atom stereocenters. The summed E-state index contributed by atoms with van der Waals surface area (Å²) in [4.78, 5) is 2.36.